The van der Waals surface area contributed by atoms with Crippen LogP contribution < -0.4 is 11.5 Å². The summed E-state index contributed by atoms with van der Waals surface area (Å²) in [5.74, 6) is -0.197. The van der Waals surface area contributed by atoms with Crippen molar-refractivity contribution in [1.29, 1.82) is 0 Å². The van der Waals surface area contributed by atoms with Gasteiger partial charge in [-0.15, -0.1) is 0 Å². The van der Waals surface area contributed by atoms with E-state index >= 15 is 0 Å². The van der Waals surface area contributed by atoms with Crippen molar-refractivity contribution in [3.63, 3.8) is 0 Å². The Hall–Kier alpha value is -0.650. The minimum Gasteiger partial charge on any atom is -0.456 e. The molecule has 0 saturated carbocycles. The van der Waals surface area contributed by atoms with Gasteiger partial charge in [-0.1, -0.05) is 0 Å². The Bertz CT molecular complexity index is 218. The van der Waals surface area contributed by atoms with Gasteiger partial charge in [0.1, 0.15) is 5.60 Å². The molecule has 96 valence electrons. The lowest BCUT2D eigenvalue weighted by molar-refractivity contribution is -0.899. The SMILES string of the molecule is CC(C)(C)OC(=O)C[N+](C)(CCN)CCN. The number of esters is 1. The summed E-state index contributed by atoms with van der Waals surface area (Å²) in [5.41, 5.74) is 10.6. The van der Waals surface area contributed by atoms with E-state index in [1.165, 1.54) is 0 Å². The predicted octanol–water partition coefficient (Wildman–Crippen LogP) is -0.308. The number of ether oxygens (including phenoxy) is 1. The molecule has 4 N–H and O–H groups in total. The van der Waals surface area contributed by atoms with Crippen LogP contribution in [0.15, 0.2) is 0 Å². The average Bonchev–Trinajstić information content (AvgIpc) is 1.99. The Labute approximate surface area is 98.3 Å². The Morgan fingerprint density at radius 1 is 1.19 bits per heavy atom. The van der Waals surface area contributed by atoms with Gasteiger partial charge in [0.15, 0.2) is 6.54 Å². The van der Waals surface area contributed by atoms with E-state index in [0.29, 0.717) is 24.1 Å². The lowest BCUT2D eigenvalue weighted by atomic mass is 10.2. The zero-order valence-corrected chi connectivity index (χ0v) is 11.0. The van der Waals surface area contributed by atoms with Gasteiger partial charge in [-0.25, -0.2) is 4.79 Å². The molecule has 0 spiro atoms. The molecule has 0 rings (SSSR count). The number of hydrogen-bond acceptors (Lipinski definition) is 4. The summed E-state index contributed by atoms with van der Waals surface area (Å²) in [7, 11) is 1.98. The molecular formula is C11H26N3O2+. The van der Waals surface area contributed by atoms with Crippen molar-refractivity contribution in [1.82, 2.24) is 0 Å². The number of hydrogen-bond donors (Lipinski definition) is 2. The van der Waals surface area contributed by atoms with E-state index in [-0.39, 0.29) is 5.97 Å². The van der Waals surface area contributed by atoms with Gasteiger partial charge in [0, 0.05) is 13.1 Å². The number of quaternary nitrogens is 1. The molecule has 0 aliphatic heterocycles. The van der Waals surface area contributed by atoms with E-state index in [9.17, 15) is 4.79 Å². The molecule has 0 aromatic rings. The molecule has 5 heteroatoms. The maximum absolute atomic E-state index is 11.7. The number of nitrogens with two attached hydrogens (primary N) is 2. The van der Waals surface area contributed by atoms with Crippen LogP contribution in [0.5, 0.6) is 0 Å². The highest BCUT2D eigenvalue weighted by atomic mass is 16.6. The van der Waals surface area contributed by atoms with Gasteiger partial charge in [-0.05, 0) is 20.8 Å². The first-order chi connectivity index (χ1) is 7.22. The molecule has 0 radical (unpaired) electrons. The quantitative estimate of drug-likeness (QED) is 0.486. The van der Waals surface area contributed by atoms with Gasteiger partial charge in [0.25, 0.3) is 0 Å². The molecule has 0 saturated heterocycles. The van der Waals surface area contributed by atoms with Crippen molar-refractivity contribution in [2.24, 2.45) is 11.5 Å². The van der Waals surface area contributed by atoms with Crippen molar-refractivity contribution in [2.45, 2.75) is 26.4 Å². The van der Waals surface area contributed by atoms with Crippen molar-refractivity contribution in [3.05, 3.63) is 0 Å². The van der Waals surface area contributed by atoms with Crippen LogP contribution in [0.1, 0.15) is 20.8 Å². The Balaban J connectivity index is 4.34. The van der Waals surface area contributed by atoms with Gasteiger partial charge < -0.3 is 20.7 Å². The molecule has 0 amide bonds. The van der Waals surface area contributed by atoms with Crippen molar-refractivity contribution >= 4 is 5.97 Å². The van der Waals surface area contributed by atoms with Gasteiger partial charge in [-0.3, -0.25) is 0 Å². The predicted molar refractivity (Wildman–Crippen MR) is 64.7 cm³/mol. The molecule has 0 fully saturated rings. The third-order valence-corrected chi connectivity index (χ3v) is 2.27. The number of nitrogens with zero attached hydrogens (tertiary/aromatic N) is 1. The maximum atomic E-state index is 11.7. The molecule has 0 heterocycles. The van der Waals surface area contributed by atoms with Gasteiger partial charge in [0.05, 0.1) is 20.1 Å². The fourth-order valence-corrected chi connectivity index (χ4v) is 1.58. The van der Waals surface area contributed by atoms with Gasteiger partial charge in [0.2, 0.25) is 0 Å². The Morgan fingerprint density at radius 2 is 1.62 bits per heavy atom. The summed E-state index contributed by atoms with van der Waals surface area (Å²) in [6.45, 7) is 8.46. The van der Waals surface area contributed by atoms with Crippen LogP contribution in [0.2, 0.25) is 0 Å². The van der Waals surface area contributed by atoms with Crippen LogP contribution >= 0.6 is 0 Å². The average molecular weight is 232 g/mol. The van der Waals surface area contributed by atoms with E-state index in [1.54, 1.807) is 0 Å². The van der Waals surface area contributed by atoms with Crippen LogP contribution in [0.3, 0.4) is 0 Å². The first-order valence-corrected chi connectivity index (χ1v) is 5.68. The van der Waals surface area contributed by atoms with Gasteiger partial charge >= 0.3 is 5.97 Å². The molecule has 0 aliphatic carbocycles. The smallest absolute Gasteiger partial charge is 0.362 e. The molecule has 0 atom stereocenters. The highest BCUT2D eigenvalue weighted by molar-refractivity contribution is 5.71. The zero-order chi connectivity index (χ0) is 12.8. The van der Waals surface area contributed by atoms with E-state index < -0.39 is 5.60 Å². The molecule has 0 bridgehead atoms. The highest BCUT2D eigenvalue weighted by Gasteiger charge is 2.27. The topological polar surface area (TPSA) is 78.3 Å². The van der Waals surface area contributed by atoms with Crippen LogP contribution in [-0.2, 0) is 9.53 Å². The maximum Gasteiger partial charge on any atom is 0.362 e. The molecule has 0 aliphatic rings. The van der Waals surface area contributed by atoms with E-state index in [4.69, 9.17) is 16.2 Å². The van der Waals surface area contributed by atoms with Crippen LogP contribution in [-0.4, -0.2) is 55.8 Å². The highest BCUT2D eigenvalue weighted by Crippen LogP contribution is 2.09. The summed E-state index contributed by atoms with van der Waals surface area (Å²) in [6, 6.07) is 0. The standard InChI is InChI=1S/C11H26N3O2/c1-11(2,3)16-10(15)9-14(4,7-5-12)8-6-13/h5-9,12-13H2,1-4H3/q+1. The van der Waals surface area contributed by atoms with Crippen molar-refractivity contribution in [2.75, 3.05) is 39.8 Å². The van der Waals surface area contributed by atoms with E-state index in [0.717, 1.165) is 13.1 Å². The van der Waals surface area contributed by atoms with Crippen LogP contribution in [0, 0.1) is 0 Å². The first kappa shape index (κ1) is 15.3. The third kappa shape index (κ3) is 6.76. The second-order valence-corrected chi connectivity index (χ2v) is 5.39. The minimum atomic E-state index is -0.437. The molecule has 5 nitrogen and oxygen atoms in total. The van der Waals surface area contributed by atoms with Crippen molar-refractivity contribution in [3.8, 4) is 0 Å². The summed E-state index contributed by atoms with van der Waals surface area (Å²) < 4.78 is 5.83. The fourth-order valence-electron chi connectivity index (χ4n) is 1.58. The second-order valence-electron chi connectivity index (χ2n) is 5.39. The summed E-state index contributed by atoms with van der Waals surface area (Å²) in [4.78, 5) is 11.7. The summed E-state index contributed by atoms with van der Waals surface area (Å²) in [6.07, 6.45) is 0. The minimum absolute atomic E-state index is 0.197. The van der Waals surface area contributed by atoms with E-state index in [2.05, 4.69) is 0 Å². The number of rotatable bonds is 6. The third-order valence-electron chi connectivity index (χ3n) is 2.27. The molecule has 0 aromatic heterocycles. The fraction of sp³-hybridized carbons (Fsp3) is 0.909. The number of likely N-dealkylation sites (N-methyl/N-ethyl adjacent to an activating group) is 1. The molecule has 0 aromatic carbocycles. The molecule has 16 heavy (non-hydrogen) atoms. The van der Waals surface area contributed by atoms with Crippen LogP contribution in [0.25, 0.3) is 0 Å². The lowest BCUT2D eigenvalue weighted by Crippen LogP contribution is -2.53. The second kappa shape index (κ2) is 6.18. The molecular weight excluding hydrogens is 206 g/mol. The Morgan fingerprint density at radius 3 is 1.94 bits per heavy atom. The van der Waals surface area contributed by atoms with Crippen LogP contribution in [0.4, 0.5) is 0 Å². The largest absolute Gasteiger partial charge is 0.456 e. The monoisotopic (exact) mass is 232 g/mol. The zero-order valence-electron chi connectivity index (χ0n) is 11.0. The summed E-state index contributed by atoms with van der Waals surface area (Å²) in [5, 5.41) is 0. The number of carbonyl (C=O) groups excluding carboxylic acids is 1. The van der Waals surface area contributed by atoms with E-state index in [1.807, 2.05) is 27.8 Å². The van der Waals surface area contributed by atoms with Gasteiger partial charge in [-0.2, -0.15) is 0 Å². The number of carbonyl (C=O) groups is 1. The normalized spacial score (nSPS) is 12.6. The summed E-state index contributed by atoms with van der Waals surface area (Å²) >= 11 is 0. The lowest BCUT2D eigenvalue weighted by Gasteiger charge is -2.33. The van der Waals surface area contributed by atoms with Crippen molar-refractivity contribution < 1.29 is 14.0 Å². The molecule has 0 unspecified atom stereocenters. The Kier molecular flexibility index (Phi) is 5.92. The first-order valence-electron chi connectivity index (χ1n) is 5.68.